The van der Waals surface area contributed by atoms with Crippen molar-refractivity contribution in [2.45, 2.75) is 24.0 Å². The first-order valence-corrected chi connectivity index (χ1v) is 5.64. The van der Waals surface area contributed by atoms with E-state index in [-0.39, 0.29) is 5.91 Å². The molecule has 5 heteroatoms. The van der Waals surface area contributed by atoms with Gasteiger partial charge in [0.05, 0.1) is 0 Å². The number of aliphatic carboxylic acids is 1. The van der Waals surface area contributed by atoms with Crippen molar-refractivity contribution in [1.82, 2.24) is 0 Å². The lowest BCUT2D eigenvalue weighted by atomic mass is 10.3. The number of hydrogen-bond donors (Lipinski definition) is 2. The highest BCUT2D eigenvalue weighted by molar-refractivity contribution is 8.00. The number of amides is 1. The van der Waals surface area contributed by atoms with Gasteiger partial charge in [-0.15, -0.1) is 11.8 Å². The number of carboxylic acid groups (broad SMARTS) is 1. The SMILES string of the molecule is CC(=O)Nc1ccc(S[C@H](C)C(=O)O)cc1. The number of nitrogens with one attached hydrogen (secondary N) is 1. The standard InChI is InChI=1S/C11H13NO3S/c1-7(11(14)15)16-10-5-3-9(4-6-10)12-8(2)13/h3-7H,1-2H3,(H,12,13)(H,14,15)/t7-/m1/s1. The Morgan fingerprint density at radius 2 is 1.88 bits per heavy atom. The molecule has 0 fully saturated rings. The number of carbonyl (C=O) groups is 2. The predicted octanol–water partition coefficient (Wildman–Crippen LogP) is 2.21. The highest BCUT2D eigenvalue weighted by Crippen LogP contribution is 2.24. The molecule has 0 aromatic heterocycles. The number of rotatable bonds is 4. The highest BCUT2D eigenvalue weighted by Gasteiger charge is 2.11. The summed E-state index contributed by atoms with van der Waals surface area (Å²) < 4.78 is 0. The second kappa shape index (κ2) is 5.55. The normalized spacial score (nSPS) is 11.9. The summed E-state index contributed by atoms with van der Waals surface area (Å²) in [6.45, 7) is 3.07. The molecular formula is C11H13NO3S. The maximum absolute atomic E-state index is 10.8. The first-order valence-electron chi connectivity index (χ1n) is 4.76. The molecule has 0 unspecified atom stereocenters. The Morgan fingerprint density at radius 3 is 2.31 bits per heavy atom. The molecule has 1 aromatic rings. The van der Waals surface area contributed by atoms with Crippen LogP contribution < -0.4 is 5.32 Å². The van der Waals surface area contributed by atoms with Gasteiger partial charge in [-0.05, 0) is 31.2 Å². The molecule has 0 heterocycles. The van der Waals surface area contributed by atoms with Crippen LogP contribution in [-0.2, 0) is 9.59 Å². The molecule has 0 aliphatic carbocycles. The number of carboxylic acids is 1. The highest BCUT2D eigenvalue weighted by atomic mass is 32.2. The van der Waals surface area contributed by atoms with Crippen molar-refractivity contribution in [2.75, 3.05) is 5.32 Å². The number of benzene rings is 1. The Balaban J connectivity index is 2.64. The summed E-state index contributed by atoms with van der Waals surface area (Å²) in [5.41, 5.74) is 0.708. The monoisotopic (exact) mass is 239 g/mol. The van der Waals surface area contributed by atoms with Gasteiger partial charge in [0, 0.05) is 17.5 Å². The molecular weight excluding hydrogens is 226 g/mol. The summed E-state index contributed by atoms with van der Waals surface area (Å²) in [6, 6.07) is 7.07. The van der Waals surface area contributed by atoms with Crippen LogP contribution >= 0.6 is 11.8 Å². The molecule has 0 aliphatic heterocycles. The average molecular weight is 239 g/mol. The van der Waals surface area contributed by atoms with Gasteiger partial charge in [0.25, 0.3) is 0 Å². The second-order valence-corrected chi connectivity index (χ2v) is 4.72. The minimum atomic E-state index is -0.837. The van der Waals surface area contributed by atoms with Crippen LogP contribution in [0.15, 0.2) is 29.2 Å². The molecule has 0 saturated heterocycles. The number of hydrogen-bond acceptors (Lipinski definition) is 3. The zero-order valence-corrected chi connectivity index (χ0v) is 9.88. The Kier molecular flexibility index (Phi) is 4.37. The molecule has 1 amide bonds. The molecule has 1 atom stereocenters. The minimum Gasteiger partial charge on any atom is -0.480 e. The van der Waals surface area contributed by atoms with Gasteiger partial charge in [-0.25, -0.2) is 0 Å². The van der Waals surface area contributed by atoms with E-state index in [4.69, 9.17) is 5.11 Å². The van der Waals surface area contributed by atoms with E-state index < -0.39 is 11.2 Å². The molecule has 1 aromatic carbocycles. The van der Waals surface area contributed by atoms with Gasteiger partial charge < -0.3 is 10.4 Å². The van der Waals surface area contributed by atoms with E-state index in [0.717, 1.165) is 4.90 Å². The van der Waals surface area contributed by atoms with E-state index in [9.17, 15) is 9.59 Å². The lowest BCUT2D eigenvalue weighted by Crippen LogP contribution is -2.11. The van der Waals surface area contributed by atoms with Gasteiger partial charge in [-0.3, -0.25) is 9.59 Å². The third-order valence-electron chi connectivity index (χ3n) is 1.84. The smallest absolute Gasteiger partial charge is 0.316 e. The lowest BCUT2D eigenvalue weighted by molar-refractivity contribution is -0.136. The Morgan fingerprint density at radius 1 is 1.31 bits per heavy atom. The fourth-order valence-electron chi connectivity index (χ4n) is 1.07. The topological polar surface area (TPSA) is 66.4 Å². The quantitative estimate of drug-likeness (QED) is 0.790. The van der Waals surface area contributed by atoms with Gasteiger partial charge in [0.1, 0.15) is 5.25 Å². The van der Waals surface area contributed by atoms with Gasteiger partial charge in [0.2, 0.25) is 5.91 Å². The molecule has 0 saturated carbocycles. The first-order chi connectivity index (χ1) is 7.49. The Bertz CT molecular complexity index is 389. The lowest BCUT2D eigenvalue weighted by Gasteiger charge is -2.07. The minimum absolute atomic E-state index is 0.126. The largest absolute Gasteiger partial charge is 0.480 e. The summed E-state index contributed by atoms with van der Waals surface area (Å²) in [4.78, 5) is 22.3. The van der Waals surface area contributed by atoms with Crippen LogP contribution in [0.1, 0.15) is 13.8 Å². The Labute approximate surface area is 98.0 Å². The Hall–Kier alpha value is -1.49. The van der Waals surface area contributed by atoms with Crippen LogP contribution in [-0.4, -0.2) is 22.2 Å². The van der Waals surface area contributed by atoms with E-state index in [1.807, 2.05) is 0 Å². The molecule has 86 valence electrons. The first kappa shape index (κ1) is 12.6. The third-order valence-corrected chi connectivity index (χ3v) is 2.93. The molecule has 16 heavy (non-hydrogen) atoms. The summed E-state index contributed by atoms with van der Waals surface area (Å²) in [5, 5.41) is 10.9. The van der Waals surface area contributed by atoms with Crippen LogP contribution in [0.2, 0.25) is 0 Å². The number of anilines is 1. The van der Waals surface area contributed by atoms with Gasteiger partial charge in [-0.1, -0.05) is 0 Å². The van der Waals surface area contributed by atoms with Gasteiger partial charge >= 0.3 is 5.97 Å². The molecule has 0 spiro atoms. The molecule has 0 aliphatic rings. The predicted molar refractivity (Wildman–Crippen MR) is 63.7 cm³/mol. The fraction of sp³-hybridized carbons (Fsp3) is 0.273. The summed E-state index contributed by atoms with van der Waals surface area (Å²) in [5.74, 6) is -0.963. The summed E-state index contributed by atoms with van der Waals surface area (Å²) in [7, 11) is 0. The fourth-order valence-corrected chi connectivity index (χ4v) is 1.88. The van der Waals surface area contributed by atoms with Gasteiger partial charge in [-0.2, -0.15) is 0 Å². The zero-order chi connectivity index (χ0) is 12.1. The van der Waals surface area contributed by atoms with Crippen molar-refractivity contribution in [3.8, 4) is 0 Å². The zero-order valence-electron chi connectivity index (χ0n) is 9.06. The summed E-state index contributed by atoms with van der Waals surface area (Å²) >= 11 is 1.27. The summed E-state index contributed by atoms with van der Waals surface area (Å²) in [6.07, 6.45) is 0. The molecule has 2 N–H and O–H groups in total. The van der Waals surface area contributed by atoms with Crippen LogP contribution in [0, 0.1) is 0 Å². The van der Waals surface area contributed by atoms with E-state index in [2.05, 4.69) is 5.32 Å². The van der Waals surface area contributed by atoms with Crippen molar-refractivity contribution >= 4 is 29.3 Å². The molecule has 0 bridgehead atoms. The maximum Gasteiger partial charge on any atom is 0.316 e. The van der Waals surface area contributed by atoms with Crippen LogP contribution in [0.25, 0.3) is 0 Å². The molecule has 0 radical (unpaired) electrons. The van der Waals surface area contributed by atoms with Crippen molar-refractivity contribution < 1.29 is 14.7 Å². The van der Waals surface area contributed by atoms with Crippen LogP contribution in [0.4, 0.5) is 5.69 Å². The van der Waals surface area contributed by atoms with Gasteiger partial charge in [0.15, 0.2) is 0 Å². The maximum atomic E-state index is 10.8. The van der Waals surface area contributed by atoms with E-state index >= 15 is 0 Å². The number of thioether (sulfide) groups is 1. The molecule has 1 rings (SSSR count). The second-order valence-electron chi connectivity index (χ2n) is 3.30. The van der Waals surface area contributed by atoms with E-state index in [1.54, 1.807) is 31.2 Å². The van der Waals surface area contributed by atoms with Crippen molar-refractivity contribution in [3.63, 3.8) is 0 Å². The van der Waals surface area contributed by atoms with E-state index in [0.29, 0.717) is 5.69 Å². The number of carbonyl (C=O) groups excluding carboxylic acids is 1. The van der Waals surface area contributed by atoms with Crippen molar-refractivity contribution in [1.29, 1.82) is 0 Å². The third kappa shape index (κ3) is 3.94. The molecule has 4 nitrogen and oxygen atoms in total. The van der Waals surface area contributed by atoms with Crippen LogP contribution in [0.3, 0.4) is 0 Å². The van der Waals surface area contributed by atoms with Crippen molar-refractivity contribution in [2.24, 2.45) is 0 Å². The van der Waals surface area contributed by atoms with E-state index in [1.165, 1.54) is 18.7 Å². The van der Waals surface area contributed by atoms with Crippen molar-refractivity contribution in [3.05, 3.63) is 24.3 Å². The van der Waals surface area contributed by atoms with Crippen LogP contribution in [0.5, 0.6) is 0 Å². The average Bonchev–Trinajstić information content (AvgIpc) is 2.20.